The molecule has 1 N–H and O–H groups in total. The van der Waals surface area contributed by atoms with Crippen LogP contribution >= 0.6 is 0 Å². The molecule has 2 heterocycles. The number of para-hydroxylation sites is 1. The SMILES string of the molecule is Cc1cc2c(cc1N1c3cc(-c4c(C)cccc4C)cc(-c4cc5c(cc4Nc4ccc6c(c4)C(C)(C)CCC6(C)C)C(C)(C)CCC5(C)C)c3Bc3c1ccc1oc4ccccc4c31)C(C)(C)CCC2(C)C. The minimum Gasteiger partial charge on any atom is -0.456 e. The summed E-state index contributed by atoms with van der Waals surface area (Å²) in [5.74, 6) is 0. The van der Waals surface area contributed by atoms with Crippen molar-refractivity contribution in [2.45, 2.75) is 175 Å². The topological polar surface area (TPSA) is 28.4 Å². The van der Waals surface area contributed by atoms with Crippen molar-refractivity contribution in [1.82, 2.24) is 0 Å². The van der Waals surface area contributed by atoms with E-state index in [1.165, 1.54) is 136 Å². The van der Waals surface area contributed by atoms with Crippen LogP contribution in [0.15, 0.2) is 114 Å². The predicted molar refractivity (Wildman–Crippen MR) is 315 cm³/mol. The molecule has 1 aliphatic heterocycles. The van der Waals surface area contributed by atoms with Crippen molar-refractivity contribution in [3.63, 3.8) is 0 Å². The minimum atomic E-state index is 0.00513. The Morgan fingerprint density at radius 2 is 1.00 bits per heavy atom. The standard InChI is InChI=1S/C69H77BN2O/c1-40-19-18-20-41(2)60(40)43-34-47(46-37-51-52(68(12,13)31-30-67(51,10)11)38-54(46)71-44-23-24-48-50(36-44)66(8,9)28-27-64(48,4)5)62-57(35-43)72(56-39-53-49(33-42(56)3)65(6,7)29-32-69(53,14)15)55-25-26-59-61(63(55)70-62)45-21-16-17-22-58(45)73-59/h16-26,33-39,70-71H,27-32H2,1-15H3. The summed E-state index contributed by atoms with van der Waals surface area (Å²) in [7, 11) is 0.764. The average molecular weight is 961 g/mol. The monoisotopic (exact) mass is 961 g/mol. The molecule has 7 aromatic carbocycles. The summed E-state index contributed by atoms with van der Waals surface area (Å²) in [4.78, 5) is 2.68. The number of rotatable bonds is 5. The Morgan fingerprint density at radius 3 is 1.64 bits per heavy atom. The molecule has 3 aliphatic carbocycles. The fraction of sp³-hybridized carbons (Fsp3) is 0.391. The van der Waals surface area contributed by atoms with E-state index in [4.69, 9.17) is 4.42 Å². The molecule has 0 unspecified atom stereocenters. The van der Waals surface area contributed by atoms with Crippen LogP contribution in [-0.2, 0) is 32.5 Å². The van der Waals surface area contributed by atoms with E-state index in [1.54, 1.807) is 0 Å². The fourth-order valence-corrected chi connectivity index (χ4v) is 14.2. The van der Waals surface area contributed by atoms with Gasteiger partial charge in [0, 0.05) is 44.8 Å². The van der Waals surface area contributed by atoms with E-state index in [0.29, 0.717) is 0 Å². The Kier molecular flexibility index (Phi) is 10.5. The molecule has 4 aliphatic rings. The van der Waals surface area contributed by atoms with Gasteiger partial charge < -0.3 is 14.6 Å². The largest absolute Gasteiger partial charge is 0.456 e. The normalized spacial score (nSPS) is 19.3. The maximum absolute atomic E-state index is 6.74. The van der Waals surface area contributed by atoms with Crippen molar-refractivity contribution in [3.8, 4) is 22.3 Å². The Bertz CT molecular complexity index is 3610. The highest BCUT2D eigenvalue weighted by atomic mass is 16.3. The van der Waals surface area contributed by atoms with Gasteiger partial charge >= 0.3 is 0 Å². The number of nitrogens with zero attached hydrogens (tertiary/aromatic N) is 1. The maximum Gasteiger partial charge on any atom is 0.199 e. The minimum absolute atomic E-state index is 0.00513. The van der Waals surface area contributed by atoms with Gasteiger partial charge in [0.05, 0.1) is 0 Å². The van der Waals surface area contributed by atoms with E-state index in [9.17, 15) is 0 Å². The number of benzene rings is 7. The van der Waals surface area contributed by atoms with Crippen LogP contribution in [0.3, 0.4) is 0 Å². The van der Waals surface area contributed by atoms with Gasteiger partial charge in [0.15, 0.2) is 7.28 Å². The van der Waals surface area contributed by atoms with Gasteiger partial charge in [0.2, 0.25) is 0 Å². The molecule has 4 heteroatoms. The van der Waals surface area contributed by atoms with Gasteiger partial charge in [0.1, 0.15) is 11.2 Å². The second kappa shape index (κ2) is 16.0. The molecule has 12 rings (SSSR count). The molecule has 3 nitrogen and oxygen atoms in total. The number of furan rings is 1. The molecule has 0 atom stereocenters. The van der Waals surface area contributed by atoms with Crippen molar-refractivity contribution in [2.24, 2.45) is 0 Å². The smallest absolute Gasteiger partial charge is 0.199 e. The lowest BCUT2D eigenvalue weighted by atomic mass is 9.56. The first-order chi connectivity index (χ1) is 34.3. The first kappa shape index (κ1) is 48.0. The average Bonchev–Trinajstić information content (AvgIpc) is 3.72. The van der Waals surface area contributed by atoms with Crippen LogP contribution in [0.25, 0.3) is 44.2 Å². The van der Waals surface area contributed by atoms with Crippen molar-refractivity contribution >= 4 is 68.6 Å². The Hall–Kier alpha value is -6.00. The van der Waals surface area contributed by atoms with Gasteiger partial charge in [-0.2, -0.15) is 0 Å². The van der Waals surface area contributed by atoms with Crippen LogP contribution in [0.1, 0.15) is 172 Å². The van der Waals surface area contributed by atoms with Crippen LogP contribution in [0.4, 0.5) is 28.4 Å². The number of hydrogen-bond acceptors (Lipinski definition) is 3. The summed E-state index contributed by atoms with van der Waals surface area (Å²) in [5.41, 5.74) is 28.9. The van der Waals surface area contributed by atoms with Crippen LogP contribution < -0.4 is 21.1 Å². The maximum atomic E-state index is 6.74. The van der Waals surface area contributed by atoms with Crippen LogP contribution in [-0.4, -0.2) is 7.28 Å². The molecule has 1 aromatic heterocycles. The van der Waals surface area contributed by atoms with Crippen molar-refractivity contribution < 1.29 is 4.42 Å². The third kappa shape index (κ3) is 7.49. The Morgan fingerprint density at radius 1 is 0.438 bits per heavy atom. The Balaban J connectivity index is 1.20. The van der Waals surface area contributed by atoms with E-state index in [1.807, 2.05) is 0 Å². The summed E-state index contributed by atoms with van der Waals surface area (Å²) in [5, 5.41) is 6.63. The van der Waals surface area contributed by atoms with Gasteiger partial charge in [0.25, 0.3) is 0 Å². The van der Waals surface area contributed by atoms with Gasteiger partial charge in [-0.15, -0.1) is 0 Å². The highest BCUT2D eigenvalue weighted by molar-refractivity contribution is 6.76. The third-order valence-electron chi connectivity index (χ3n) is 19.3. The fourth-order valence-electron chi connectivity index (χ4n) is 14.2. The predicted octanol–water partition coefficient (Wildman–Crippen LogP) is 17.8. The van der Waals surface area contributed by atoms with Crippen LogP contribution in [0.5, 0.6) is 0 Å². The highest BCUT2D eigenvalue weighted by Gasteiger charge is 2.42. The lowest BCUT2D eigenvalue weighted by Crippen LogP contribution is -2.42. The van der Waals surface area contributed by atoms with Crippen LogP contribution in [0.2, 0.25) is 0 Å². The molecule has 0 saturated heterocycles. The third-order valence-corrected chi connectivity index (χ3v) is 19.3. The summed E-state index contributed by atoms with van der Waals surface area (Å²) in [6.45, 7) is 36.4. The lowest BCUT2D eigenvalue weighted by molar-refractivity contribution is 0.332. The van der Waals surface area contributed by atoms with Crippen molar-refractivity contribution in [1.29, 1.82) is 0 Å². The molecule has 8 aromatic rings. The zero-order valence-corrected chi connectivity index (χ0v) is 46.7. The van der Waals surface area contributed by atoms with Gasteiger partial charge in [-0.1, -0.05) is 132 Å². The molecule has 0 spiro atoms. The molecule has 0 amide bonds. The summed E-state index contributed by atoms with van der Waals surface area (Å²) < 4.78 is 6.74. The second-order valence-electron chi connectivity index (χ2n) is 27.2. The number of hydrogen-bond donors (Lipinski definition) is 1. The first-order valence-corrected chi connectivity index (χ1v) is 27.6. The second-order valence-corrected chi connectivity index (χ2v) is 27.2. The molecule has 372 valence electrons. The van der Waals surface area contributed by atoms with E-state index in [0.717, 1.165) is 43.4 Å². The van der Waals surface area contributed by atoms with Crippen LogP contribution in [0, 0.1) is 20.8 Å². The van der Waals surface area contributed by atoms with E-state index in [2.05, 4.69) is 223 Å². The number of fused-ring (bicyclic) bond motifs is 9. The van der Waals surface area contributed by atoms with E-state index >= 15 is 0 Å². The lowest BCUT2D eigenvalue weighted by Gasteiger charge is -2.44. The van der Waals surface area contributed by atoms with E-state index in [-0.39, 0.29) is 32.5 Å². The highest BCUT2D eigenvalue weighted by Crippen LogP contribution is 2.54. The molecular formula is C69H77BN2O. The van der Waals surface area contributed by atoms with Crippen molar-refractivity contribution in [3.05, 3.63) is 159 Å². The quantitative estimate of drug-likeness (QED) is 0.174. The number of anilines is 5. The summed E-state index contributed by atoms with van der Waals surface area (Å²) in [6.07, 6.45) is 7.01. The van der Waals surface area contributed by atoms with Gasteiger partial charge in [-0.3, -0.25) is 0 Å². The number of aryl methyl sites for hydroxylation is 3. The molecule has 0 bridgehead atoms. The zero-order valence-electron chi connectivity index (χ0n) is 46.7. The first-order valence-electron chi connectivity index (χ1n) is 27.6. The molecule has 0 saturated carbocycles. The summed E-state index contributed by atoms with van der Waals surface area (Å²) in [6, 6.07) is 42.8. The molecular weight excluding hydrogens is 884 g/mol. The molecule has 0 radical (unpaired) electrons. The zero-order chi connectivity index (χ0) is 51.5. The van der Waals surface area contributed by atoms with E-state index < -0.39 is 0 Å². The van der Waals surface area contributed by atoms with Gasteiger partial charge in [-0.25, -0.2) is 0 Å². The van der Waals surface area contributed by atoms with Crippen molar-refractivity contribution in [2.75, 3.05) is 10.2 Å². The number of nitrogens with one attached hydrogen (secondary N) is 1. The molecule has 0 fully saturated rings. The molecule has 73 heavy (non-hydrogen) atoms. The van der Waals surface area contributed by atoms with Gasteiger partial charge in [-0.05, 0) is 230 Å². The summed E-state index contributed by atoms with van der Waals surface area (Å²) >= 11 is 0. The Labute approximate surface area is 437 Å².